The van der Waals surface area contributed by atoms with Crippen molar-refractivity contribution in [3.63, 3.8) is 0 Å². The summed E-state index contributed by atoms with van der Waals surface area (Å²) >= 11 is 6.20. The highest BCUT2D eigenvalue weighted by Gasteiger charge is 2.49. The van der Waals surface area contributed by atoms with Crippen molar-refractivity contribution in [2.75, 3.05) is 6.26 Å². The largest absolute Gasteiger partial charge is 0.477 e. The molecular weight excluding hydrogens is 596 g/mol. The van der Waals surface area contributed by atoms with Gasteiger partial charge in [0.05, 0.1) is 23.9 Å². The van der Waals surface area contributed by atoms with Crippen LogP contribution in [0.4, 0.5) is 0 Å². The standard InChI is InChI=1S/C30H31ClN4O7S/c1-43(40,41)34-23-10-4-5-12-25(23)35-27(18-13-15-19(31)16-14-18)26(21-8-2-3-9-22(21)29(35)37)28(36)33-42-17-20-7-6-11-24(32-20)30(38)39/h2-3,6-9,11,13-16,23,25-27,34H,4-5,10,12,17H2,1H3,(H,33,36)(H,38,39)/t23-,25-,26+,27-/m0/s1. The number of carbonyl (C=O) groups is 3. The van der Waals surface area contributed by atoms with Gasteiger partial charge < -0.3 is 10.0 Å². The minimum atomic E-state index is -3.59. The van der Waals surface area contributed by atoms with E-state index in [-0.39, 0.29) is 18.2 Å². The van der Waals surface area contributed by atoms with Crippen LogP contribution in [-0.4, -0.2) is 59.5 Å². The number of hydrogen-bond acceptors (Lipinski definition) is 7. The first kappa shape index (κ1) is 30.6. The first-order valence-corrected chi connectivity index (χ1v) is 16.1. The molecule has 3 N–H and O–H groups in total. The Morgan fingerprint density at radius 1 is 1.05 bits per heavy atom. The molecule has 0 unspecified atom stereocenters. The van der Waals surface area contributed by atoms with E-state index in [0.29, 0.717) is 40.2 Å². The molecule has 2 aromatic carbocycles. The molecule has 0 spiro atoms. The molecule has 5 rings (SSSR count). The molecule has 1 fully saturated rings. The minimum absolute atomic E-state index is 0.157. The van der Waals surface area contributed by atoms with E-state index < -0.39 is 45.9 Å². The van der Waals surface area contributed by atoms with Crippen molar-refractivity contribution in [1.29, 1.82) is 0 Å². The van der Waals surface area contributed by atoms with E-state index in [1.165, 1.54) is 12.1 Å². The van der Waals surface area contributed by atoms with Crippen LogP contribution in [0.15, 0.2) is 66.7 Å². The molecule has 0 bridgehead atoms. The lowest BCUT2D eigenvalue weighted by molar-refractivity contribution is -0.138. The highest BCUT2D eigenvalue weighted by atomic mass is 35.5. The number of aromatic carboxylic acids is 1. The zero-order chi connectivity index (χ0) is 30.7. The Morgan fingerprint density at radius 3 is 2.49 bits per heavy atom. The maximum Gasteiger partial charge on any atom is 0.354 e. The van der Waals surface area contributed by atoms with E-state index in [0.717, 1.165) is 19.1 Å². The van der Waals surface area contributed by atoms with Gasteiger partial charge in [-0.25, -0.2) is 28.4 Å². The zero-order valence-electron chi connectivity index (χ0n) is 23.3. The maximum atomic E-state index is 14.2. The summed E-state index contributed by atoms with van der Waals surface area (Å²) in [5.74, 6) is -2.97. The van der Waals surface area contributed by atoms with E-state index in [1.54, 1.807) is 59.5 Å². The van der Waals surface area contributed by atoms with Crippen molar-refractivity contribution in [2.45, 2.75) is 56.3 Å². The van der Waals surface area contributed by atoms with Crippen LogP contribution in [0.25, 0.3) is 0 Å². The highest BCUT2D eigenvalue weighted by molar-refractivity contribution is 7.88. The van der Waals surface area contributed by atoms with Gasteiger partial charge in [0.25, 0.3) is 11.8 Å². The molecule has 0 saturated heterocycles. The highest BCUT2D eigenvalue weighted by Crippen LogP contribution is 2.46. The number of nitrogens with one attached hydrogen (secondary N) is 2. The Hall–Kier alpha value is -3.84. The second kappa shape index (κ2) is 12.8. The topological polar surface area (TPSA) is 155 Å². The second-order valence-corrected chi connectivity index (χ2v) is 12.9. The third-order valence-electron chi connectivity index (χ3n) is 7.74. The summed E-state index contributed by atoms with van der Waals surface area (Å²) < 4.78 is 27.4. The molecule has 2 aliphatic rings. The fourth-order valence-electron chi connectivity index (χ4n) is 5.99. The lowest BCUT2D eigenvalue weighted by atomic mass is 9.76. The van der Waals surface area contributed by atoms with Gasteiger partial charge in [0, 0.05) is 22.7 Å². The summed E-state index contributed by atoms with van der Waals surface area (Å²) in [7, 11) is -3.59. The molecule has 3 aromatic rings. The van der Waals surface area contributed by atoms with Crippen LogP contribution in [0.1, 0.15) is 75.3 Å². The maximum absolute atomic E-state index is 14.2. The number of hydroxylamine groups is 1. The van der Waals surface area contributed by atoms with E-state index in [9.17, 15) is 27.9 Å². The van der Waals surface area contributed by atoms with Crippen molar-refractivity contribution in [3.05, 3.63) is 99.8 Å². The van der Waals surface area contributed by atoms with Crippen LogP contribution in [-0.2, 0) is 26.3 Å². The third-order valence-corrected chi connectivity index (χ3v) is 8.72. The summed E-state index contributed by atoms with van der Waals surface area (Å²) in [5.41, 5.74) is 4.11. The summed E-state index contributed by atoms with van der Waals surface area (Å²) in [6.45, 7) is -0.196. The fourth-order valence-corrected chi connectivity index (χ4v) is 6.94. The Bertz CT molecular complexity index is 1630. The third kappa shape index (κ3) is 6.88. The Balaban J connectivity index is 1.53. The summed E-state index contributed by atoms with van der Waals surface area (Å²) in [4.78, 5) is 50.7. The number of halogens is 1. The van der Waals surface area contributed by atoms with Gasteiger partial charge in [-0.15, -0.1) is 0 Å². The molecule has 2 amide bonds. The number of rotatable bonds is 9. The van der Waals surface area contributed by atoms with Crippen LogP contribution in [0, 0.1) is 0 Å². The Kier molecular flexibility index (Phi) is 9.11. The number of sulfonamides is 1. The van der Waals surface area contributed by atoms with Crippen molar-refractivity contribution in [2.24, 2.45) is 0 Å². The molecule has 1 aliphatic carbocycles. The van der Waals surface area contributed by atoms with Crippen molar-refractivity contribution >= 4 is 39.4 Å². The first-order valence-electron chi connectivity index (χ1n) is 13.8. The molecule has 1 saturated carbocycles. The number of hydrogen-bond donors (Lipinski definition) is 3. The smallest absolute Gasteiger partial charge is 0.354 e. The van der Waals surface area contributed by atoms with E-state index in [1.807, 2.05) is 0 Å². The van der Waals surface area contributed by atoms with E-state index in [4.69, 9.17) is 16.4 Å². The van der Waals surface area contributed by atoms with Gasteiger partial charge in [-0.2, -0.15) is 0 Å². The number of amides is 2. The molecule has 0 radical (unpaired) electrons. The lowest BCUT2D eigenvalue weighted by Crippen LogP contribution is -2.59. The monoisotopic (exact) mass is 626 g/mol. The Morgan fingerprint density at radius 2 is 1.77 bits per heavy atom. The normalized spacial score (nSPS) is 22.1. The molecular formula is C30H31ClN4O7S. The fraction of sp³-hybridized carbons (Fsp3) is 0.333. The molecule has 11 nitrogen and oxygen atoms in total. The predicted octanol–water partition coefficient (Wildman–Crippen LogP) is 3.82. The molecule has 2 heterocycles. The molecule has 4 atom stereocenters. The van der Waals surface area contributed by atoms with Crippen LogP contribution in [0.5, 0.6) is 0 Å². The molecule has 1 aliphatic heterocycles. The summed E-state index contributed by atoms with van der Waals surface area (Å²) in [5, 5.41) is 9.70. The van der Waals surface area contributed by atoms with Crippen LogP contribution < -0.4 is 10.2 Å². The molecule has 13 heteroatoms. The van der Waals surface area contributed by atoms with Gasteiger partial charge in [-0.1, -0.05) is 60.8 Å². The number of carboxylic acids is 1. The van der Waals surface area contributed by atoms with E-state index in [2.05, 4.69) is 15.2 Å². The van der Waals surface area contributed by atoms with Crippen LogP contribution >= 0.6 is 11.6 Å². The number of carboxylic acid groups (broad SMARTS) is 1. The van der Waals surface area contributed by atoms with Crippen LogP contribution in [0.3, 0.4) is 0 Å². The number of benzene rings is 2. The minimum Gasteiger partial charge on any atom is -0.477 e. The van der Waals surface area contributed by atoms with Crippen molar-refractivity contribution < 1.29 is 32.7 Å². The molecule has 1 aromatic heterocycles. The van der Waals surface area contributed by atoms with Gasteiger partial charge in [0.1, 0.15) is 12.3 Å². The quantitative estimate of drug-likeness (QED) is 0.303. The van der Waals surface area contributed by atoms with Crippen molar-refractivity contribution in [1.82, 2.24) is 20.1 Å². The summed E-state index contributed by atoms with van der Waals surface area (Å²) in [6.07, 6.45) is 3.76. The number of fused-ring (bicyclic) bond motifs is 1. The SMILES string of the molecule is CS(=O)(=O)N[C@H]1CCCC[C@@H]1N1C(=O)c2ccccc2[C@@H](C(=O)NOCc2cccc(C(=O)O)n2)[C@@H]1c1ccc(Cl)cc1. The lowest BCUT2D eigenvalue weighted by Gasteiger charge is -2.49. The number of nitrogens with zero attached hydrogens (tertiary/aromatic N) is 2. The Labute approximate surface area is 254 Å². The van der Waals surface area contributed by atoms with Gasteiger partial charge in [0.2, 0.25) is 10.0 Å². The first-order chi connectivity index (χ1) is 20.5. The van der Waals surface area contributed by atoms with Gasteiger partial charge >= 0.3 is 5.97 Å². The average Bonchev–Trinajstić information content (AvgIpc) is 2.97. The van der Waals surface area contributed by atoms with Crippen LogP contribution in [0.2, 0.25) is 5.02 Å². The predicted molar refractivity (Wildman–Crippen MR) is 158 cm³/mol. The van der Waals surface area contributed by atoms with E-state index >= 15 is 0 Å². The average molecular weight is 627 g/mol. The summed E-state index contributed by atoms with van der Waals surface area (Å²) in [6, 6.07) is 16.3. The number of aromatic nitrogens is 1. The molecule has 226 valence electrons. The number of carbonyl (C=O) groups excluding carboxylic acids is 2. The second-order valence-electron chi connectivity index (χ2n) is 10.7. The molecule has 43 heavy (non-hydrogen) atoms. The van der Waals surface area contributed by atoms with Gasteiger partial charge in [0.15, 0.2) is 0 Å². The number of pyridine rings is 1. The zero-order valence-corrected chi connectivity index (χ0v) is 24.8. The van der Waals surface area contributed by atoms with Gasteiger partial charge in [-0.05, 0) is 54.3 Å². The van der Waals surface area contributed by atoms with Crippen molar-refractivity contribution in [3.8, 4) is 0 Å². The van der Waals surface area contributed by atoms with Gasteiger partial charge in [-0.3, -0.25) is 14.4 Å².